The number of nitrogens with zero attached hydrogens (tertiary/aromatic N) is 2. The van der Waals surface area contributed by atoms with Crippen molar-refractivity contribution in [2.75, 3.05) is 26.2 Å². The van der Waals surface area contributed by atoms with Gasteiger partial charge in [0.05, 0.1) is 16.5 Å². The zero-order valence-electron chi connectivity index (χ0n) is 17.1. The molecule has 1 atom stereocenters. The molecule has 1 aromatic heterocycles. The molecule has 4 rings (SSSR count). The fourth-order valence-corrected chi connectivity index (χ4v) is 4.35. The minimum atomic E-state index is -0.228. The summed E-state index contributed by atoms with van der Waals surface area (Å²) in [6.07, 6.45) is 2.14. The molecule has 6 nitrogen and oxygen atoms in total. The lowest BCUT2D eigenvalue weighted by Gasteiger charge is -2.25. The van der Waals surface area contributed by atoms with E-state index in [1.807, 2.05) is 30.3 Å². The van der Waals surface area contributed by atoms with Crippen molar-refractivity contribution in [3.05, 3.63) is 57.8 Å². The first kappa shape index (κ1) is 20.8. The van der Waals surface area contributed by atoms with E-state index in [-0.39, 0.29) is 30.2 Å². The van der Waals surface area contributed by atoms with E-state index in [1.165, 1.54) is 31.1 Å². The second-order valence-corrected chi connectivity index (χ2v) is 9.01. The number of carbonyl (C=O) groups is 3. The third-order valence-electron chi connectivity index (χ3n) is 5.49. The number of amides is 2. The van der Waals surface area contributed by atoms with E-state index in [0.29, 0.717) is 42.6 Å². The summed E-state index contributed by atoms with van der Waals surface area (Å²) in [4.78, 5) is 41.6. The van der Waals surface area contributed by atoms with Crippen molar-refractivity contribution in [1.29, 1.82) is 0 Å². The lowest BCUT2D eigenvalue weighted by molar-refractivity contribution is -0.132. The fraction of sp³-hybridized carbons (Fsp3) is 0.435. The fourth-order valence-electron chi connectivity index (χ4n) is 3.57. The van der Waals surface area contributed by atoms with Gasteiger partial charge in [-0.15, -0.1) is 11.3 Å². The molecule has 30 heavy (non-hydrogen) atoms. The molecule has 158 valence electrons. The van der Waals surface area contributed by atoms with Gasteiger partial charge in [0.15, 0.2) is 5.78 Å². The Morgan fingerprint density at radius 2 is 1.93 bits per heavy atom. The van der Waals surface area contributed by atoms with Crippen LogP contribution in [0.3, 0.4) is 0 Å². The van der Waals surface area contributed by atoms with Gasteiger partial charge in [-0.2, -0.15) is 0 Å². The van der Waals surface area contributed by atoms with Crippen LogP contribution in [0.15, 0.2) is 41.8 Å². The Labute approximate surface area is 180 Å². The van der Waals surface area contributed by atoms with E-state index < -0.39 is 0 Å². The highest BCUT2D eigenvalue weighted by atomic mass is 32.1. The molecule has 1 saturated carbocycles. The molecule has 2 heterocycles. The van der Waals surface area contributed by atoms with Gasteiger partial charge in [0.25, 0.3) is 5.91 Å². The van der Waals surface area contributed by atoms with E-state index in [1.54, 1.807) is 21.2 Å². The highest BCUT2D eigenvalue weighted by Crippen LogP contribution is 2.29. The summed E-state index contributed by atoms with van der Waals surface area (Å²) in [7, 11) is 0. The number of ether oxygens (including phenoxy) is 1. The average Bonchev–Trinajstić information content (AvgIpc) is 3.46. The van der Waals surface area contributed by atoms with Crippen molar-refractivity contribution in [1.82, 2.24) is 9.80 Å². The largest absolute Gasteiger partial charge is 0.374 e. The Morgan fingerprint density at radius 1 is 1.17 bits per heavy atom. The van der Waals surface area contributed by atoms with E-state index in [4.69, 9.17) is 4.74 Å². The first-order valence-electron chi connectivity index (χ1n) is 10.3. The Bertz CT molecular complexity index is 922. The normalized spacial score (nSPS) is 19.6. The molecule has 2 fully saturated rings. The molecule has 0 unspecified atom stereocenters. The van der Waals surface area contributed by atoms with Gasteiger partial charge in [0.2, 0.25) is 5.91 Å². The van der Waals surface area contributed by atoms with Crippen LogP contribution in [-0.2, 0) is 16.1 Å². The maximum Gasteiger partial charge on any atom is 0.255 e. The maximum absolute atomic E-state index is 13.1. The van der Waals surface area contributed by atoms with Gasteiger partial charge in [0, 0.05) is 31.6 Å². The third kappa shape index (κ3) is 5.15. The molecular formula is C23H26N2O4S. The van der Waals surface area contributed by atoms with Crippen molar-refractivity contribution < 1.29 is 19.1 Å². The van der Waals surface area contributed by atoms with Crippen molar-refractivity contribution in [3.63, 3.8) is 0 Å². The molecule has 0 bridgehead atoms. The molecule has 1 aromatic carbocycles. The van der Waals surface area contributed by atoms with Crippen molar-refractivity contribution in [2.24, 2.45) is 5.92 Å². The lowest BCUT2D eigenvalue weighted by atomic mass is 10.2. The highest BCUT2D eigenvalue weighted by molar-refractivity contribution is 7.12. The molecule has 0 radical (unpaired) electrons. The van der Waals surface area contributed by atoms with E-state index in [9.17, 15) is 14.4 Å². The number of thiophene rings is 1. The van der Waals surface area contributed by atoms with Crippen LogP contribution in [0.4, 0.5) is 0 Å². The van der Waals surface area contributed by atoms with Crippen LogP contribution < -0.4 is 0 Å². The number of benzene rings is 1. The van der Waals surface area contributed by atoms with Crippen LogP contribution >= 0.6 is 11.3 Å². The Kier molecular flexibility index (Phi) is 6.29. The summed E-state index contributed by atoms with van der Waals surface area (Å²) in [6.45, 7) is 3.50. The van der Waals surface area contributed by atoms with Gasteiger partial charge in [-0.25, -0.2) is 0 Å². The zero-order valence-corrected chi connectivity index (χ0v) is 17.9. The number of hydrogen-bond acceptors (Lipinski definition) is 5. The van der Waals surface area contributed by atoms with Crippen molar-refractivity contribution in [3.8, 4) is 0 Å². The molecule has 0 N–H and O–H groups in total. The summed E-state index contributed by atoms with van der Waals surface area (Å²) in [6, 6.07) is 11.5. The highest BCUT2D eigenvalue weighted by Gasteiger charge is 2.33. The zero-order chi connectivity index (χ0) is 21.1. The molecule has 7 heteroatoms. The van der Waals surface area contributed by atoms with Crippen LogP contribution in [0.2, 0.25) is 0 Å². The van der Waals surface area contributed by atoms with E-state index in [2.05, 4.69) is 0 Å². The topological polar surface area (TPSA) is 66.9 Å². The molecule has 1 aliphatic heterocycles. The monoisotopic (exact) mass is 426 g/mol. The molecule has 2 amide bonds. The molecular weight excluding hydrogens is 400 g/mol. The van der Waals surface area contributed by atoms with Crippen molar-refractivity contribution >= 4 is 28.9 Å². The lowest BCUT2D eigenvalue weighted by Crippen LogP contribution is -2.39. The maximum atomic E-state index is 13.1. The average molecular weight is 427 g/mol. The summed E-state index contributed by atoms with van der Waals surface area (Å²) < 4.78 is 6.12. The molecule has 1 saturated heterocycles. The molecule has 2 aliphatic rings. The van der Waals surface area contributed by atoms with Gasteiger partial charge >= 0.3 is 0 Å². The standard InChI is InChI=1S/C23H26N2O4S/c1-16(26)21-9-19(15-30-21)23(28)25-12-20(29-14-18-7-8-18)11-24(22(27)13-25)10-17-5-3-2-4-6-17/h2-6,9,15,18,20H,7-8,10-14H2,1H3/t20-/m0/s1. The van der Waals surface area contributed by atoms with Gasteiger partial charge < -0.3 is 14.5 Å². The first-order valence-corrected chi connectivity index (χ1v) is 11.2. The number of rotatable bonds is 7. The molecule has 0 spiro atoms. The Balaban J connectivity index is 1.51. The SMILES string of the molecule is CC(=O)c1cc(C(=O)N2CC(=O)N(Cc3ccccc3)C[C@H](OCC3CC3)C2)cs1. The van der Waals surface area contributed by atoms with Crippen LogP contribution in [0.1, 0.15) is 45.4 Å². The van der Waals surface area contributed by atoms with E-state index in [0.717, 1.165) is 5.56 Å². The van der Waals surface area contributed by atoms with Crippen LogP contribution in [0, 0.1) is 5.92 Å². The number of Topliss-reactive ketones (excluding diaryl/α,β-unsaturated/α-hetero) is 1. The second kappa shape index (κ2) is 9.10. The second-order valence-electron chi connectivity index (χ2n) is 8.10. The Morgan fingerprint density at radius 3 is 2.60 bits per heavy atom. The minimum absolute atomic E-state index is 0.0141. The third-order valence-corrected chi connectivity index (χ3v) is 6.52. The summed E-state index contributed by atoms with van der Waals surface area (Å²) >= 11 is 1.26. The predicted molar refractivity (Wildman–Crippen MR) is 115 cm³/mol. The number of hydrogen-bond donors (Lipinski definition) is 0. The smallest absolute Gasteiger partial charge is 0.255 e. The Hall–Kier alpha value is -2.51. The van der Waals surface area contributed by atoms with Crippen LogP contribution in [0.5, 0.6) is 0 Å². The van der Waals surface area contributed by atoms with Gasteiger partial charge in [-0.1, -0.05) is 30.3 Å². The van der Waals surface area contributed by atoms with Crippen LogP contribution in [0.25, 0.3) is 0 Å². The van der Waals surface area contributed by atoms with Crippen LogP contribution in [-0.4, -0.2) is 59.7 Å². The first-order chi connectivity index (χ1) is 14.5. The van der Waals surface area contributed by atoms with E-state index >= 15 is 0 Å². The number of carbonyl (C=O) groups excluding carboxylic acids is 3. The number of ketones is 1. The summed E-state index contributed by atoms with van der Waals surface area (Å²) in [5.41, 5.74) is 1.51. The van der Waals surface area contributed by atoms with Gasteiger partial charge in [-0.05, 0) is 37.3 Å². The molecule has 1 aliphatic carbocycles. The summed E-state index contributed by atoms with van der Waals surface area (Å²) in [5, 5.41) is 1.69. The van der Waals surface area contributed by atoms with Gasteiger partial charge in [-0.3, -0.25) is 14.4 Å². The van der Waals surface area contributed by atoms with Crippen molar-refractivity contribution in [2.45, 2.75) is 32.4 Å². The van der Waals surface area contributed by atoms with Gasteiger partial charge in [0.1, 0.15) is 6.54 Å². The predicted octanol–water partition coefficient (Wildman–Crippen LogP) is 3.23. The summed E-state index contributed by atoms with van der Waals surface area (Å²) in [5.74, 6) is 0.219. The quantitative estimate of drug-likeness (QED) is 0.638. The molecule has 2 aromatic rings. The minimum Gasteiger partial charge on any atom is -0.374 e.